The molecule has 0 N–H and O–H groups in total. The SMILES string of the molecule is CCCCC/C=C/CCCc1cccc(OCC2(C)CO2)c1. The van der Waals surface area contributed by atoms with Crippen LogP contribution in [0.1, 0.15) is 57.9 Å². The van der Waals surface area contributed by atoms with E-state index in [1.54, 1.807) is 0 Å². The molecule has 1 unspecified atom stereocenters. The average molecular weight is 302 g/mol. The molecule has 2 rings (SSSR count). The second kappa shape index (κ2) is 8.99. The maximum absolute atomic E-state index is 5.82. The van der Waals surface area contributed by atoms with Crippen molar-refractivity contribution in [3.63, 3.8) is 0 Å². The molecule has 0 radical (unpaired) electrons. The molecule has 0 bridgehead atoms. The minimum atomic E-state index is -0.0431. The van der Waals surface area contributed by atoms with Crippen LogP contribution in [0, 0.1) is 0 Å². The number of rotatable bonds is 11. The Labute approximate surface area is 135 Å². The predicted octanol–water partition coefficient (Wildman–Crippen LogP) is 5.31. The molecule has 1 aliphatic heterocycles. The molecule has 1 saturated heterocycles. The summed E-state index contributed by atoms with van der Waals surface area (Å²) in [5.41, 5.74) is 1.32. The first-order valence-corrected chi connectivity index (χ1v) is 8.72. The first kappa shape index (κ1) is 17.1. The van der Waals surface area contributed by atoms with Gasteiger partial charge in [-0.1, -0.05) is 44.1 Å². The molecule has 0 spiro atoms. The molecular formula is C20H30O2. The highest BCUT2D eigenvalue weighted by molar-refractivity contribution is 5.28. The van der Waals surface area contributed by atoms with Gasteiger partial charge in [-0.2, -0.15) is 0 Å². The van der Waals surface area contributed by atoms with E-state index in [1.165, 1.54) is 44.1 Å². The van der Waals surface area contributed by atoms with Crippen molar-refractivity contribution < 1.29 is 9.47 Å². The summed E-state index contributed by atoms with van der Waals surface area (Å²) in [7, 11) is 0. The third-order valence-electron chi connectivity index (χ3n) is 4.06. The molecule has 1 aliphatic rings. The highest BCUT2D eigenvalue weighted by Gasteiger charge is 2.40. The monoisotopic (exact) mass is 302 g/mol. The third kappa shape index (κ3) is 6.65. The van der Waals surface area contributed by atoms with Gasteiger partial charge < -0.3 is 9.47 Å². The van der Waals surface area contributed by atoms with Gasteiger partial charge in [0, 0.05) is 0 Å². The van der Waals surface area contributed by atoms with Crippen LogP contribution in [0.3, 0.4) is 0 Å². The van der Waals surface area contributed by atoms with E-state index in [2.05, 4.69) is 44.2 Å². The maximum atomic E-state index is 5.82. The largest absolute Gasteiger partial charge is 0.490 e. The smallest absolute Gasteiger partial charge is 0.123 e. The fourth-order valence-corrected chi connectivity index (χ4v) is 2.41. The summed E-state index contributed by atoms with van der Waals surface area (Å²) in [4.78, 5) is 0. The lowest BCUT2D eigenvalue weighted by Crippen LogP contribution is -2.16. The Morgan fingerprint density at radius 3 is 2.68 bits per heavy atom. The van der Waals surface area contributed by atoms with E-state index < -0.39 is 0 Å². The highest BCUT2D eigenvalue weighted by Crippen LogP contribution is 2.27. The van der Waals surface area contributed by atoms with Gasteiger partial charge >= 0.3 is 0 Å². The first-order valence-electron chi connectivity index (χ1n) is 8.72. The number of epoxide rings is 1. The Kier molecular flexibility index (Phi) is 6.98. The van der Waals surface area contributed by atoms with Gasteiger partial charge in [0.1, 0.15) is 18.0 Å². The topological polar surface area (TPSA) is 21.8 Å². The number of ether oxygens (including phenoxy) is 2. The van der Waals surface area contributed by atoms with E-state index in [-0.39, 0.29) is 5.60 Å². The number of hydrogen-bond donors (Lipinski definition) is 0. The van der Waals surface area contributed by atoms with Gasteiger partial charge in [-0.3, -0.25) is 0 Å². The van der Waals surface area contributed by atoms with Gasteiger partial charge in [-0.25, -0.2) is 0 Å². The van der Waals surface area contributed by atoms with Crippen molar-refractivity contribution in [1.29, 1.82) is 0 Å². The zero-order valence-electron chi connectivity index (χ0n) is 14.1. The zero-order valence-corrected chi connectivity index (χ0v) is 14.1. The molecule has 2 heteroatoms. The van der Waals surface area contributed by atoms with Crippen LogP contribution in [0.25, 0.3) is 0 Å². The molecule has 1 aromatic carbocycles. The van der Waals surface area contributed by atoms with E-state index in [4.69, 9.17) is 9.47 Å². The zero-order chi connectivity index (χ0) is 15.7. The summed E-state index contributed by atoms with van der Waals surface area (Å²) in [6.45, 7) is 5.80. The predicted molar refractivity (Wildman–Crippen MR) is 92.5 cm³/mol. The van der Waals surface area contributed by atoms with Gasteiger partial charge in [0.05, 0.1) is 6.61 Å². The molecule has 1 fully saturated rings. The molecule has 0 aromatic heterocycles. The van der Waals surface area contributed by atoms with Crippen LogP contribution in [0.5, 0.6) is 5.75 Å². The Morgan fingerprint density at radius 1 is 1.18 bits per heavy atom. The summed E-state index contributed by atoms with van der Waals surface area (Å²) in [5, 5.41) is 0. The van der Waals surface area contributed by atoms with Crippen LogP contribution >= 0.6 is 0 Å². The fourth-order valence-electron chi connectivity index (χ4n) is 2.41. The fraction of sp³-hybridized carbons (Fsp3) is 0.600. The van der Waals surface area contributed by atoms with Gasteiger partial charge in [0.2, 0.25) is 0 Å². The molecule has 1 atom stereocenters. The van der Waals surface area contributed by atoms with Gasteiger partial charge in [-0.05, 0) is 56.7 Å². The average Bonchev–Trinajstić information content (AvgIpc) is 3.27. The first-order chi connectivity index (χ1) is 10.7. The number of allylic oxidation sites excluding steroid dienone is 2. The number of hydrogen-bond acceptors (Lipinski definition) is 2. The second-order valence-electron chi connectivity index (χ2n) is 6.53. The molecule has 2 nitrogen and oxygen atoms in total. The lowest BCUT2D eigenvalue weighted by atomic mass is 10.1. The summed E-state index contributed by atoms with van der Waals surface area (Å²) in [6, 6.07) is 8.47. The summed E-state index contributed by atoms with van der Waals surface area (Å²) in [6.07, 6.45) is 13.4. The van der Waals surface area contributed by atoms with Crippen LogP contribution in [0.2, 0.25) is 0 Å². The van der Waals surface area contributed by atoms with Crippen LogP contribution < -0.4 is 4.74 Å². The summed E-state index contributed by atoms with van der Waals surface area (Å²) in [5.74, 6) is 0.962. The molecular weight excluding hydrogens is 272 g/mol. The Balaban J connectivity index is 1.62. The van der Waals surface area contributed by atoms with Crippen molar-refractivity contribution in [2.75, 3.05) is 13.2 Å². The molecule has 0 saturated carbocycles. The Hall–Kier alpha value is -1.28. The number of unbranched alkanes of at least 4 members (excludes halogenated alkanes) is 4. The van der Waals surface area contributed by atoms with E-state index in [1.807, 2.05) is 6.07 Å². The maximum Gasteiger partial charge on any atom is 0.123 e. The Bertz CT molecular complexity index is 461. The van der Waals surface area contributed by atoms with Crippen molar-refractivity contribution in [3.05, 3.63) is 42.0 Å². The lowest BCUT2D eigenvalue weighted by Gasteiger charge is -2.10. The van der Waals surface area contributed by atoms with Crippen LogP contribution in [0.15, 0.2) is 36.4 Å². The van der Waals surface area contributed by atoms with Crippen molar-refractivity contribution in [3.8, 4) is 5.75 Å². The highest BCUT2D eigenvalue weighted by atomic mass is 16.6. The molecule has 0 amide bonds. The van der Waals surface area contributed by atoms with Crippen molar-refractivity contribution in [2.45, 2.75) is 64.4 Å². The Morgan fingerprint density at radius 2 is 1.95 bits per heavy atom. The normalized spacial score (nSPS) is 20.5. The van der Waals surface area contributed by atoms with E-state index in [9.17, 15) is 0 Å². The van der Waals surface area contributed by atoms with Crippen molar-refractivity contribution in [2.24, 2.45) is 0 Å². The van der Waals surface area contributed by atoms with E-state index in [0.717, 1.165) is 18.8 Å². The lowest BCUT2D eigenvalue weighted by molar-refractivity contribution is 0.202. The molecule has 1 aromatic rings. The minimum absolute atomic E-state index is 0.0431. The summed E-state index contributed by atoms with van der Waals surface area (Å²) < 4.78 is 11.2. The molecule has 22 heavy (non-hydrogen) atoms. The van der Waals surface area contributed by atoms with Crippen molar-refractivity contribution >= 4 is 0 Å². The van der Waals surface area contributed by atoms with E-state index in [0.29, 0.717) is 6.61 Å². The van der Waals surface area contributed by atoms with Gasteiger partial charge in [-0.15, -0.1) is 0 Å². The summed E-state index contributed by atoms with van der Waals surface area (Å²) >= 11 is 0. The number of benzene rings is 1. The number of aryl methyl sites for hydroxylation is 1. The molecule has 0 aliphatic carbocycles. The second-order valence-corrected chi connectivity index (χ2v) is 6.53. The van der Waals surface area contributed by atoms with Crippen molar-refractivity contribution in [1.82, 2.24) is 0 Å². The van der Waals surface area contributed by atoms with Crippen LogP contribution in [-0.2, 0) is 11.2 Å². The minimum Gasteiger partial charge on any atom is -0.490 e. The standard InChI is InChI=1S/C20H30O2/c1-3-4-5-6-7-8-9-10-12-18-13-11-14-19(15-18)21-16-20(2)17-22-20/h7-8,11,13-15H,3-6,9-10,12,16-17H2,1-2H3/b8-7+. The van der Waals surface area contributed by atoms with Gasteiger partial charge in [0.15, 0.2) is 0 Å². The third-order valence-corrected chi connectivity index (χ3v) is 4.06. The quantitative estimate of drug-likeness (QED) is 0.314. The van der Waals surface area contributed by atoms with Gasteiger partial charge in [0.25, 0.3) is 0 Å². The molecule has 122 valence electrons. The molecule has 1 heterocycles. The van der Waals surface area contributed by atoms with Crippen LogP contribution in [0.4, 0.5) is 0 Å². The van der Waals surface area contributed by atoms with E-state index >= 15 is 0 Å². The van der Waals surface area contributed by atoms with Crippen LogP contribution in [-0.4, -0.2) is 18.8 Å².